The molecule has 308 valence electrons. The Morgan fingerprint density at radius 3 is 1.20 bits per heavy atom. The Morgan fingerprint density at radius 1 is 0.576 bits per heavy atom. The van der Waals surface area contributed by atoms with E-state index in [0.717, 1.165) is 14.2 Å². The first-order chi connectivity index (χ1) is 28.4. The van der Waals surface area contributed by atoms with Crippen molar-refractivity contribution >= 4 is 19.9 Å². The van der Waals surface area contributed by atoms with Gasteiger partial charge in [0.05, 0.1) is 35.5 Å². The topological polar surface area (TPSA) is 140 Å². The van der Waals surface area contributed by atoms with Crippen LogP contribution in [0.1, 0.15) is 47.3 Å². The third-order valence-electron chi connectivity index (χ3n) is 10.8. The summed E-state index contributed by atoms with van der Waals surface area (Å²) < 4.78 is 56.8. The maximum atomic E-state index is 17.4. The predicted octanol–water partition coefficient (Wildman–Crippen LogP) is 7.29. The van der Waals surface area contributed by atoms with Gasteiger partial charge in [-0.15, -0.1) is 0 Å². The van der Waals surface area contributed by atoms with Crippen LogP contribution in [0.5, 0.6) is 17.2 Å². The number of hydrogen-bond acceptors (Lipinski definition) is 12. The Balaban J connectivity index is 1.70. The van der Waals surface area contributed by atoms with E-state index in [1.165, 1.54) is 33.5 Å². The zero-order valence-electron chi connectivity index (χ0n) is 33.9. The molecule has 0 aromatic heterocycles. The van der Waals surface area contributed by atoms with Gasteiger partial charge < -0.3 is 38.1 Å². The highest BCUT2D eigenvalue weighted by Crippen LogP contribution is 2.77. The number of fused-ring (bicyclic) bond motifs is 1. The van der Waals surface area contributed by atoms with E-state index in [0.29, 0.717) is 22.3 Å². The average molecular weight is 823 g/mol. The first-order valence-corrected chi connectivity index (χ1v) is 20.6. The van der Waals surface area contributed by atoms with E-state index >= 15 is 4.89 Å². The van der Waals surface area contributed by atoms with Gasteiger partial charge in [-0.1, -0.05) is 121 Å². The lowest BCUT2D eigenvalue weighted by atomic mass is 9.72. The van der Waals surface area contributed by atoms with Crippen LogP contribution < -0.4 is 19.1 Å². The molecule has 2 aliphatic heterocycles. The molecule has 2 saturated heterocycles. The van der Waals surface area contributed by atoms with Crippen LogP contribution in [0.3, 0.4) is 0 Å². The van der Waals surface area contributed by atoms with E-state index in [2.05, 4.69) is 0 Å². The number of carbonyl (C=O) groups excluding carboxylic acids is 2. The summed E-state index contributed by atoms with van der Waals surface area (Å²) in [5, 5.41) is 0. The number of methoxy groups -OCH3 is 5. The minimum Gasteiger partial charge on any atom is -0.631 e. The van der Waals surface area contributed by atoms with Crippen LogP contribution in [0.25, 0.3) is 0 Å². The monoisotopic (exact) mass is 822 g/mol. The van der Waals surface area contributed by atoms with Crippen LogP contribution in [-0.2, 0) is 48.8 Å². The van der Waals surface area contributed by atoms with Crippen molar-refractivity contribution in [1.82, 2.24) is 0 Å². The first kappa shape index (κ1) is 41.8. The Morgan fingerprint density at radius 2 is 0.915 bits per heavy atom. The highest BCUT2D eigenvalue weighted by Gasteiger charge is 2.73. The lowest BCUT2D eigenvalue weighted by Crippen LogP contribution is -2.53. The van der Waals surface area contributed by atoms with E-state index in [9.17, 15) is 9.59 Å². The van der Waals surface area contributed by atoms with Crippen LogP contribution in [-0.4, -0.2) is 65.5 Å². The van der Waals surface area contributed by atoms with Crippen molar-refractivity contribution in [2.24, 2.45) is 5.92 Å². The molecule has 0 radical (unpaired) electrons. The zero-order chi connectivity index (χ0) is 42.0. The van der Waals surface area contributed by atoms with Gasteiger partial charge in [0.25, 0.3) is 7.94 Å². The molecule has 12 nitrogen and oxygen atoms in total. The van der Waals surface area contributed by atoms with Crippen LogP contribution in [0.15, 0.2) is 133 Å². The van der Waals surface area contributed by atoms with Gasteiger partial charge in [0.15, 0.2) is 40.1 Å². The quantitative estimate of drug-likeness (QED) is 0.0709. The fraction of sp³-hybridized carbons (Fsp3) is 0.304. The Labute approximate surface area is 344 Å². The van der Waals surface area contributed by atoms with E-state index in [-0.39, 0.29) is 22.8 Å². The van der Waals surface area contributed by atoms with Gasteiger partial charge in [0.1, 0.15) is 12.2 Å². The van der Waals surface area contributed by atoms with Gasteiger partial charge in [0.2, 0.25) is 5.75 Å². The molecule has 2 fully saturated rings. The summed E-state index contributed by atoms with van der Waals surface area (Å²) in [4.78, 5) is 45.9. The van der Waals surface area contributed by atoms with Crippen molar-refractivity contribution in [2.45, 2.75) is 48.7 Å². The van der Waals surface area contributed by atoms with Gasteiger partial charge in [-0.25, -0.2) is 0 Å². The largest absolute Gasteiger partial charge is 0.631 e. The molecule has 0 amide bonds. The second-order valence-corrected chi connectivity index (χ2v) is 16.6. The number of rotatable bonds is 12. The smallest absolute Gasteiger partial charge is 0.324 e. The van der Waals surface area contributed by atoms with E-state index in [1.54, 1.807) is 13.8 Å². The number of ether oxygens (including phenoxy) is 7. The number of esters is 2. The summed E-state index contributed by atoms with van der Waals surface area (Å²) >= 11 is 0. The molecule has 0 spiro atoms. The highest BCUT2D eigenvalue weighted by atomic mass is 31.2. The fourth-order valence-corrected chi connectivity index (χ4v) is 11.2. The molecule has 3 atom stereocenters. The standard InChI is InChI=1S/C46H47O12P/c1-44(2)55-40-41(56-44)46(33-24-16-10-17-25-33,34-26-18-11-19-27-34)58-59(49,57-45(40,31-20-12-8-13-21-31)32-22-14-9-15-23-32)39(37(42(47)53-6)43(48)54-7)30-28-35(50-3)38(52-5)36(29-30)51-4/h8-29,37,39-41H,1-7H3/t39-,40-,41-/m1/s1. The van der Waals surface area contributed by atoms with E-state index in [1.807, 2.05) is 121 Å². The fourth-order valence-electron chi connectivity index (χ4n) is 8.37. The zero-order valence-corrected chi connectivity index (χ0v) is 34.8. The van der Waals surface area contributed by atoms with Gasteiger partial charge in [-0.2, -0.15) is 9.05 Å². The van der Waals surface area contributed by atoms with Crippen molar-refractivity contribution in [3.05, 3.63) is 161 Å². The normalized spacial score (nSPS) is 20.4. The second-order valence-electron chi connectivity index (χ2n) is 14.6. The summed E-state index contributed by atoms with van der Waals surface area (Å²) in [6.45, 7) is 3.60. The average Bonchev–Trinajstić information content (AvgIpc) is 3.57. The molecule has 7 rings (SSSR count). The summed E-state index contributed by atoms with van der Waals surface area (Å²) in [6, 6.07) is 39.8. The Bertz CT molecular complexity index is 2010. The lowest BCUT2D eigenvalue weighted by molar-refractivity contribution is -0.252. The molecule has 0 aliphatic carbocycles. The molecule has 0 bridgehead atoms. The Kier molecular flexibility index (Phi) is 11.9. The minimum absolute atomic E-state index is 0.0860. The third-order valence-corrected chi connectivity index (χ3v) is 13.2. The first-order valence-electron chi connectivity index (χ1n) is 19.0. The van der Waals surface area contributed by atoms with E-state index in [4.69, 9.17) is 42.2 Å². The van der Waals surface area contributed by atoms with Gasteiger partial charge in [-0.3, -0.25) is 9.59 Å². The van der Waals surface area contributed by atoms with E-state index < -0.39 is 60.7 Å². The molecule has 0 unspecified atom stereocenters. The molecule has 2 heterocycles. The maximum Gasteiger partial charge on any atom is 0.324 e. The van der Waals surface area contributed by atoms with Crippen molar-refractivity contribution in [3.63, 3.8) is 0 Å². The minimum atomic E-state index is -5.18. The lowest BCUT2D eigenvalue weighted by Gasteiger charge is -2.45. The SMILES string of the molecule is COC(=O)C(C(=O)OC)[C@@H](c1cc(OC)c(OC)c(OC)c1)[P+]1([O-])OC(c2ccccc2)(c2ccccc2)[C@@H]2OC(C)(C)O[C@H]2C(c2ccccc2)(c2ccccc2)O1. The summed E-state index contributed by atoms with van der Waals surface area (Å²) in [5.74, 6) is -4.83. The van der Waals surface area contributed by atoms with Crippen molar-refractivity contribution in [1.29, 1.82) is 0 Å². The molecule has 2 aliphatic rings. The van der Waals surface area contributed by atoms with Crippen molar-refractivity contribution in [2.75, 3.05) is 35.5 Å². The van der Waals surface area contributed by atoms with Crippen LogP contribution in [0.4, 0.5) is 0 Å². The summed E-state index contributed by atoms with van der Waals surface area (Å²) in [6.07, 6.45) is -2.23. The number of hydrogen-bond donors (Lipinski definition) is 0. The summed E-state index contributed by atoms with van der Waals surface area (Å²) in [5.41, 5.74) is -3.25. The number of carbonyl (C=O) groups is 2. The van der Waals surface area contributed by atoms with Crippen molar-refractivity contribution < 1.29 is 56.7 Å². The third kappa shape index (κ3) is 7.24. The maximum absolute atomic E-state index is 17.4. The molecule has 5 aromatic carbocycles. The van der Waals surface area contributed by atoms with Crippen molar-refractivity contribution in [3.8, 4) is 17.2 Å². The van der Waals surface area contributed by atoms with Gasteiger partial charge in [-0.05, 0) is 48.2 Å². The molecule has 13 heteroatoms. The Hall–Kier alpha value is -5.33. The second kappa shape index (κ2) is 16.7. The molecule has 0 saturated carbocycles. The van der Waals surface area contributed by atoms with Crippen LogP contribution >= 0.6 is 7.94 Å². The highest BCUT2D eigenvalue weighted by molar-refractivity contribution is 7.59. The molecular weight excluding hydrogens is 775 g/mol. The molecule has 5 aromatic rings. The van der Waals surface area contributed by atoms with Crippen LogP contribution in [0.2, 0.25) is 0 Å². The molecular formula is C46H47O12P. The van der Waals surface area contributed by atoms with Gasteiger partial charge >= 0.3 is 11.9 Å². The summed E-state index contributed by atoms with van der Waals surface area (Å²) in [7, 11) is 1.34. The molecule has 0 N–H and O–H groups in total. The predicted molar refractivity (Wildman–Crippen MR) is 217 cm³/mol. The number of benzene rings is 5. The van der Waals surface area contributed by atoms with Gasteiger partial charge in [0, 0.05) is 5.56 Å². The van der Waals surface area contributed by atoms with Crippen LogP contribution in [0, 0.1) is 5.92 Å². The molecule has 59 heavy (non-hydrogen) atoms.